The summed E-state index contributed by atoms with van der Waals surface area (Å²) in [7, 11) is 0. The lowest BCUT2D eigenvalue weighted by Gasteiger charge is -2.28. The first-order valence-corrected chi connectivity index (χ1v) is 4.13. The highest BCUT2D eigenvalue weighted by Crippen LogP contribution is 2.35. The summed E-state index contributed by atoms with van der Waals surface area (Å²) in [5.74, 6) is 0. The molecule has 0 fully saturated rings. The minimum atomic E-state index is 0.102. The van der Waals surface area contributed by atoms with Gasteiger partial charge in [-0.15, -0.1) is 0 Å². The highest BCUT2D eigenvalue weighted by molar-refractivity contribution is 5.82. The van der Waals surface area contributed by atoms with Crippen LogP contribution in [0.4, 0.5) is 0 Å². The summed E-state index contributed by atoms with van der Waals surface area (Å²) in [5, 5.41) is 11.6. The Hall–Kier alpha value is -1.05. The van der Waals surface area contributed by atoms with E-state index in [9.17, 15) is 0 Å². The zero-order chi connectivity index (χ0) is 9.19. The van der Waals surface area contributed by atoms with E-state index < -0.39 is 0 Å². The van der Waals surface area contributed by atoms with Crippen molar-refractivity contribution in [1.29, 1.82) is 0 Å². The van der Waals surface area contributed by atoms with Crippen molar-refractivity contribution >= 4 is 6.21 Å². The van der Waals surface area contributed by atoms with Crippen LogP contribution in [-0.4, -0.2) is 11.4 Å². The highest BCUT2D eigenvalue weighted by atomic mass is 16.4. The molecule has 0 radical (unpaired) electrons. The first kappa shape index (κ1) is 9.04. The smallest absolute Gasteiger partial charge is 0.0701 e. The van der Waals surface area contributed by atoms with Crippen molar-refractivity contribution in [3.8, 4) is 0 Å². The Morgan fingerprint density at radius 2 is 2.25 bits per heavy atom. The van der Waals surface area contributed by atoms with E-state index in [2.05, 4.69) is 31.2 Å². The van der Waals surface area contributed by atoms with Gasteiger partial charge in [-0.1, -0.05) is 31.2 Å². The van der Waals surface area contributed by atoms with Crippen molar-refractivity contribution in [3.63, 3.8) is 0 Å². The number of rotatable bonds is 1. The molecule has 1 rings (SSSR count). The summed E-state index contributed by atoms with van der Waals surface area (Å²) in [5.41, 5.74) is 2.40. The highest BCUT2D eigenvalue weighted by Gasteiger charge is 2.24. The van der Waals surface area contributed by atoms with E-state index in [4.69, 9.17) is 5.21 Å². The number of hydrogen-bond donors (Lipinski definition) is 1. The summed E-state index contributed by atoms with van der Waals surface area (Å²) in [6.07, 6.45) is 6.77. The second kappa shape index (κ2) is 3.13. The van der Waals surface area contributed by atoms with Gasteiger partial charge in [0.05, 0.1) is 6.21 Å². The lowest BCUT2D eigenvalue weighted by molar-refractivity contribution is 0.320. The number of oxime groups is 1. The van der Waals surface area contributed by atoms with E-state index in [0.29, 0.717) is 0 Å². The van der Waals surface area contributed by atoms with Crippen molar-refractivity contribution in [3.05, 3.63) is 23.3 Å². The maximum absolute atomic E-state index is 8.48. The normalized spacial score (nSPS) is 22.2. The Morgan fingerprint density at radius 1 is 1.58 bits per heavy atom. The van der Waals surface area contributed by atoms with Crippen molar-refractivity contribution in [2.24, 2.45) is 10.6 Å². The molecule has 0 aromatic heterocycles. The number of hydrogen-bond acceptors (Lipinski definition) is 2. The van der Waals surface area contributed by atoms with Gasteiger partial charge in [0, 0.05) is 0 Å². The van der Waals surface area contributed by atoms with Crippen molar-refractivity contribution in [1.82, 2.24) is 0 Å². The van der Waals surface area contributed by atoms with Crippen LogP contribution in [0.25, 0.3) is 0 Å². The molecule has 0 aliphatic heterocycles. The molecule has 2 heteroatoms. The van der Waals surface area contributed by atoms with Crippen molar-refractivity contribution in [2.45, 2.75) is 27.2 Å². The van der Waals surface area contributed by atoms with Crippen LogP contribution in [-0.2, 0) is 0 Å². The lowest BCUT2D eigenvalue weighted by Crippen LogP contribution is -2.18. The standard InChI is InChI=1S/C10H15NO/c1-8-5-4-6-10(2,3)9(8)7-11-12/h4-5,7,12H,6H2,1-3H3/b11-7-. The van der Waals surface area contributed by atoms with Gasteiger partial charge >= 0.3 is 0 Å². The minimum Gasteiger partial charge on any atom is -0.411 e. The van der Waals surface area contributed by atoms with E-state index in [1.165, 1.54) is 5.57 Å². The van der Waals surface area contributed by atoms with Gasteiger partial charge in [-0.2, -0.15) is 0 Å². The van der Waals surface area contributed by atoms with Gasteiger partial charge in [0.25, 0.3) is 0 Å². The maximum Gasteiger partial charge on any atom is 0.0701 e. The lowest BCUT2D eigenvalue weighted by atomic mass is 9.76. The predicted molar refractivity (Wildman–Crippen MR) is 50.5 cm³/mol. The fourth-order valence-corrected chi connectivity index (χ4v) is 1.60. The third kappa shape index (κ3) is 1.58. The van der Waals surface area contributed by atoms with E-state index in [1.54, 1.807) is 6.21 Å². The topological polar surface area (TPSA) is 32.6 Å². The van der Waals surface area contributed by atoms with Crippen LogP contribution < -0.4 is 0 Å². The largest absolute Gasteiger partial charge is 0.411 e. The van der Waals surface area contributed by atoms with Gasteiger partial charge in [0.1, 0.15) is 0 Å². The predicted octanol–water partition coefficient (Wildman–Crippen LogP) is 2.75. The Bertz CT molecular complexity index is 259. The third-order valence-corrected chi connectivity index (χ3v) is 2.34. The molecule has 12 heavy (non-hydrogen) atoms. The molecule has 0 spiro atoms. The summed E-state index contributed by atoms with van der Waals surface area (Å²) < 4.78 is 0. The SMILES string of the molecule is CC1=C(/C=N\O)C(C)(C)CC=C1. The van der Waals surface area contributed by atoms with E-state index in [0.717, 1.165) is 12.0 Å². The molecule has 0 amide bonds. The molecular weight excluding hydrogens is 150 g/mol. The molecule has 0 unspecified atom stereocenters. The summed E-state index contributed by atoms with van der Waals surface area (Å²) in [4.78, 5) is 0. The second-order valence-corrected chi connectivity index (χ2v) is 3.83. The quantitative estimate of drug-likeness (QED) is 0.361. The fourth-order valence-electron chi connectivity index (χ4n) is 1.60. The number of allylic oxidation sites excluding steroid dienone is 4. The second-order valence-electron chi connectivity index (χ2n) is 3.83. The average Bonchev–Trinajstić information content (AvgIpc) is 1.97. The van der Waals surface area contributed by atoms with Gasteiger partial charge < -0.3 is 5.21 Å². The molecule has 0 saturated carbocycles. The van der Waals surface area contributed by atoms with Gasteiger partial charge in [0.2, 0.25) is 0 Å². The van der Waals surface area contributed by atoms with Crippen LogP contribution >= 0.6 is 0 Å². The fraction of sp³-hybridized carbons (Fsp3) is 0.500. The molecule has 0 aromatic rings. The van der Waals surface area contributed by atoms with Gasteiger partial charge in [-0.3, -0.25) is 0 Å². The van der Waals surface area contributed by atoms with Gasteiger partial charge in [-0.25, -0.2) is 0 Å². The summed E-state index contributed by atoms with van der Waals surface area (Å²) in [6, 6.07) is 0. The monoisotopic (exact) mass is 165 g/mol. The van der Waals surface area contributed by atoms with Gasteiger partial charge in [-0.05, 0) is 29.9 Å². The molecule has 0 bridgehead atoms. The molecule has 2 nitrogen and oxygen atoms in total. The minimum absolute atomic E-state index is 0.102. The van der Waals surface area contributed by atoms with E-state index in [1.807, 2.05) is 6.92 Å². The van der Waals surface area contributed by atoms with Crippen LogP contribution in [0.3, 0.4) is 0 Å². The Labute approximate surface area is 73.3 Å². The van der Waals surface area contributed by atoms with Gasteiger partial charge in [0.15, 0.2) is 0 Å². The molecule has 1 aliphatic carbocycles. The molecule has 0 atom stereocenters. The summed E-state index contributed by atoms with van der Waals surface area (Å²) in [6.45, 7) is 6.34. The Morgan fingerprint density at radius 3 is 2.75 bits per heavy atom. The Kier molecular flexibility index (Phi) is 2.36. The maximum atomic E-state index is 8.48. The first-order valence-electron chi connectivity index (χ1n) is 4.13. The van der Waals surface area contributed by atoms with Crippen molar-refractivity contribution < 1.29 is 5.21 Å². The number of nitrogens with zero attached hydrogens (tertiary/aromatic N) is 1. The molecule has 1 aliphatic rings. The molecule has 0 saturated heterocycles. The first-order chi connectivity index (χ1) is 5.58. The van der Waals surface area contributed by atoms with Crippen molar-refractivity contribution in [2.75, 3.05) is 0 Å². The zero-order valence-corrected chi connectivity index (χ0v) is 7.83. The van der Waals surface area contributed by atoms with Crippen LogP contribution in [0.5, 0.6) is 0 Å². The molecule has 66 valence electrons. The molecule has 0 heterocycles. The third-order valence-electron chi connectivity index (χ3n) is 2.34. The zero-order valence-electron chi connectivity index (χ0n) is 7.83. The van der Waals surface area contributed by atoms with Crippen LogP contribution in [0.15, 0.2) is 28.5 Å². The molecule has 0 aromatic carbocycles. The van der Waals surface area contributed by atoms with Crippen LogP contribution in [0.2, 0.25) is 0 Å². The Balaban J connectivity index is 3.07. The van der Waals surface area contributed by atoms with Crippen LogP contribution in [0.1, 0.15) is 27.2 Å². The van der Waals surface area contributed by atoms with E-state index >= 15 is 0 Å². The van der Waals surface area contributed by atoms with Crippen LogP contribution in [0, 0.1) is 5.41 Å². The average molecular weight is 165 g/mol. The summed E-state index contributed by atoms with van der Waals surface area (Å²) >= 11 is 0. The molecular formula is C10H15NO. The van der Waals surface area contributed by atoms with E-state index in [-0.39, 0.29) is 5.41 Å². The molecule has 1 N–H and O–H groups in total.